The second-order valence-electron chi connectivity index (χ2n) is 4.36. The number of aromatic nitrogens is 1. The lowest BCUT2D eigenvalue weighted by Crippen LogP contribution is -1.81. The van der Waals surface area contributed by atoms with Crippen molar-refractivity contribution in [1.29, 1.82) is 0 Å². The van der Waals surface area contributed by atoms with Crippen LogP contribution in [0.25, 0.3) is 10.9 Å². The van der Waals surface area contributed by atoms with Gasteiger partial charge in [0.1, 0.15) is 0 Å². The van der Waals surface area contributed by atoms with Crippen LogP contribution < -0.4 is 0 Å². The van der Waals surface area contributed by atoms with Crippen molar-refractivity contribution in [3.8, 4) is 0 Å². The molecule has 15 heavy (non-hydrogen) atoms. The molecule has 1 saturated carbocycles. The standard InChI is InChI=1S/C13H14BrN/c1-2-8-3-6-11-10(7-8)12(9-4-5-9)13(14)15-11/h3,6-7,9,15H,2,4-5H2,1H3. The number of hydrogen-bond donors (Lipinski definition) is 1. The molecule has 0 saturated heterocycles. The molecule has 0 atom stereocenters. The second kappa shape index (κ2) is 3.38. The van der Waals surface area contributed by atoms with Crippen LogP contribution in [-0.4, -0.2) is 4.98 Å². The molecule has 0 aliphatic heterocycles. The van der Waals surface area contributed by atoms with E-state index < -0.39 is 0 Å². The Hall–Kier alpha value is -0.760. The van der Waals surface area contributed by atoms with Gasteiger partial charge in [0, 0.05) is 10.9 Å². The molecule has 0 bridgehead atoms. The van der Waals surface area contributed by atoms with Gasteiger partial charge in [-0.3, -0.25) is 0 Å². The molecule has 1 N–H and O–H groups in total. The Morgan fingerprint density at radius 3 is 2.87 bits per heavy atom. The van der Waals surface area contributed by atoms with Gasteiger partial charge in [0.15, 0.2) is 0 Å². The first kappa shape index (κ1) is 9.46. The van der Waals surface area contributed by atoms with E-state index in [0.717, 1.165) is 12.3 Å². The fraction of sp³-hybridized carbons (Fsp3) is 0.385. The van der Waals surface area contributed by atoms with Gasteiger partial charge in [0.2, 0.25) is 0 Å². The van der Waals surface area contributed by atoms with E-state index in [1.807, 2.05) is 0 Å². The van der Waals surface area contributed by atoms with Gasteiger partial charge in [-0.2, -0.15) is 0 Å². The lowest BCUT2D eigenvalue weighted by molar-refractivity contribution is 1.12. The van der Waals surface area contributed by atoms with Crippen molar-refractivity contribution in [3.63, 3.8) is 0 Å². The molecule has 1 aliphatic carbocycles. The van der Waals surface area contributed by atoms with Crippen molar-refractivity contribution in [2.45, 2.75) is 32.1 Å². The molecule has 0 spiro atoms. The van der Waals surface area contributed by atoms with E-state index in [1.54, 1.807) is 0 Å². The third-order valence-electron chi connectivity index (χ3n) is 3.25. The zero-order valence-electron chi connectivity index (χ0n) is 8.81. The summed E-state index contributed by atoms with van der Waals surface area (Å²) in [6.07, 6.45) is 3.81. The predicted octanol–water partition coefficient (Wildman–Crippen LogP) is 4.37. The third-order valence-corrected chi connectivity index (χ3v) is 3.87. The van der Waals surface area contributed by atoms with Crippen molar-refractivity contribution >= 4 is 26.8 Å². The molecule has 1 fully saturated rings. The monoisotopic (exact) mass is 263 g/mol. The summed E-state index contributed by atoms with van der Waals surface area (Å²) in [5.74, 6) is 0.792. The van der Waals surface area contributed by atoms with Crippen molar-refractivity contribution in [3.05, 3.63) is 33.9 Å². The summed E-state index contributed by atoms with van der Waals surface area (Å²) in [7, 11) is 0. The minimum atomic E-state index is 0.792. The van der Waals surface area contributed by atoms with Crippen LogP contribution in [0.5, 0.6) is 0 Å². The molecule has 78 valence electrons. The average Bonchev–Trinajstić information content (AvgIpc) is 3.00. The second-order valence-corrected chi connectivity index (χ2v) is 5.15. The van der Waals surface area contributed by atoms with Crippen molar-refractivity contribution in [1.82, 2.24) is 4.98 Å². The summed E-state index contributed by atoms with van der Waals surface area (Å²) >= 11 is 3.64. The number of aryl methyl sites for hydroxylation is 1. The highest BCUT2D eigenvalue weighted by Crippen LogP contribution is 2.46. The number of H-pyrrole nitrogens is 1. The zero-order valence-corrected chi connectivity index (χ0v) is 10.4. The molecule has 0 radical (unpaired) electrons. The fourth-order valence-electron chi connectivity index (χ4n) is 2.22. The first-order valence-electron chi connectivity index (χ1n) is 5.59. The van der Waals surface area contributed by atoms with Gasteiger partial charge < -0.3 is 4.98 Å². The SMILES string of the molecule is CCc1ccc2[nH]c(Br)c(C3CC3)c2c1. The maximum atomic E-state index is 3.64. The summed E-state index contributed by atoms with van der Waals surface area (Å²) in [6, 6.07) is 6.75. The highest BCUT2D eigenvalue weighted by atomic mass is 79.9. The zero-order chi connectivity index (χ0) is 10.4. The van der Waals surface area contributed by atoms with Gasteiger partial charge in [0.05, 0.1) is 4.60 Å². The Kier molecular flexibility index (Phi) is 2.13. The van der Waals surface area contributed by atoms with Crippen LogP contribution in [0.1, 0.15) is 36.8 Å². The van der Waals surface area contributed by atoms with Crippen LogP contribution in [0.15, 0.2) is 22.8 Å². The highest BCUT2D eigenvalue weighted by Gasteiger charge is 2.28. The summed E-state index contributed by atoms with van der Waals surface area (Å²) in [4.78, 5) is 3.42. The molecule has 1 heterocycles. The average molecular weight is 264 g/mol. The van der Waals surface area contributed by atoms with E-state index in [0.29, 0.717) is 0 Å². The van der Waals surface area contributed by atoms with Gasteiger partial charge in [-0.1, -0.05) is 13.0 Å². The third kappa shape index (κ3) is 1.51. The largest absolute Gasteiger partial charge is 0.349 e. The molecule has 0 unspecified atom stereocenters. The Balaban J connectivity index is 2.26. The Labute approximate surface area is 98.0 Å². The van der Waals surface area contributed by atoms with Gasteiger partial charge in [-0.15, -0.1) is 0 Å². The molecule has 1 aromatic heterocycles. The number of halogens is 1. The lowest BCUT2D eigenvalue weighted by Gasteiger charge is -1.99. The smallest absolute Gasteiger partial charge is 0.0866 e. The first-order chi connectivity index (χ1) is 7.29. The van der Waals surface area contributed by atoms with E-state index in [-0.39, 0.29) is 0 Å². The van der Waals surface area contributed by atoms with Gasteiger partial charge in [0.25, 0.3) is 0 Å². The predicted molar refractivity (Wildman–Crippen MR) is 67.4 cm³/mol. The molecule has 2 heteroatoms. The number of aromatic amines is 1. The summed E-state index contributed by atoms with van der Waals surface area (Å²) in [5.41, 5.74) is 4.19. The van der Waals surface area contributed by atoms with Crippen LogP contribution in [0, 0.1) is 0 Å². The maximum absolute atomic E-state index is 3.64. The lowest BCUT2D eigenvalue weighted by atomic mass is 10.1. The van der Waals surface area contributed by atoms with Gasteiger partial charge in [-0.25, -0.2) is 0 Å². The molecule has 0 amide bonds. The van der Waals surface area contributed by atoms with E-state index in [1.165, 1.54) is 39.5 Å². The number of rotatable bonds is 2. The summed E-state index contributed by atoms with van der Waals surface area (Å²) in [6.45, 7) is 2.21. The van der Waals surface area contributed by atoms with Crippen LogP contribution in [0.2, 0.25) is 0 Å². The number of hydrogen-bond acceptors (Lipinski definition) is 0. The highest BCUT2D eigenvalue weighted by molar-refractivity contribution is 9.10. The van der Waals surface area contributed by atoms with Gasteiger partial charge >= 0.3 is 0 Å². The van der Waals surface area contributed by atoms with E-state index in [4.69, 9.17) is 0 Å². The van der Waals surface area contributed by atoms with E-state index in [2.05, 4.69) is 46.0 Å². The molecular formula is C13H14BrN. The molecule has 2 aromatic rings. The van der Waals surface area contributed by atoms with Crippen molar-refractivity contribution in [2.75, 3.05) is 0 Å². The number of benzene rings is 1. The minimum Gasteiger partial charge on any atom is -0.349 e. The molecule has 3 rings (SSSR count). The van der Waals surface area contributed by atoms with Gasteiger partial charge in [-0.05, 0) is 64.4 Å². The first-order valence-corrected chi connectivity index (χ1v) is 6.39. The van der Waals surface area contributed by atoms with Crippen molar-refractivity contribution < 1.29 is 0 Å². The topological polar surface area (TPSA) is 15.8 Å². The van der Waals surface area contributed by atoms with Crippen LogP contribution in [0.4, 0.5) is 0 Å². The molecule has 1 nitrogen and oxygen atoms in total. The van der Waals surface area contributed by atoms with Crippen LogP contribution in [0.3, 0.4) is 0 Å². The Morgan fingerprint density at radius 2 is 2.20 bits per heavy atom. The van der Waals surface area contributed by atoms with Crippen molar-refractivity contribution in [2.24, 2.45) is 0 Å². The normalized spacial score (nSPS) is 16.1. The van der Waals surface area contributed by atoms with Crippen LogP contribution in [-0.2, 0) is 6.42 Å². The maximum Gasteiger partial charge on any atom is 0.0866 e. The van der Waals surface area contributed by atoms with Crippen LogP contribution >= 0.6 is 15.9 Å². The number of nitrogens with one attached hydrogen (secondary N) is 1. The van der Waals surface area contributed by atoms with E-state index in [9.17, 15) is 0 Å². The summed E-state index contributed by atoms with van der Waals surface area (Å²) in [5, 5.41) is 1.42. The van der Waals surface area contributed by atoms with E-state index >= 15 is 0 Å². The molecular weight excluding hydrogens is 250 g/mol. The minimum absolute atomic E-state index is 0.792. The summed E-state index contributed by atoms with van der Waals surface area (Å²) < 4.78 is 1.19. The Morgan fingerprint density at radius 1 is 1.40 bits per heavy atom. The molecule has 1 aromatic carbocycles. The number of fused-ring (bicyclic) bond motifs is 1. The fourth-order valence-corrected chi connectivity index (χ4v) is 2.97. The molecule has 1 aliphatic rings. The Bertz CT molecular complexity index is 508. The quantitative estimate of drug-likeness (QED) is 0.829.